The van der Waals surface area contributed by atoms with Crippen molar-refractivity contribution in [3.05, 3.63) is 45.9 Å². The van der Waals surface area contributed by atoms with Crippen LogP contribution in [0.25, 0.3) is 0 Å². The summed E-state index contributed by atoms with van der Waals surface area (Å²) < 4.78 is 6.21. The Balaban J connectivity index is 2.86. The molecule has 0 fully saturated rings. The van der Waals surface area contributed by atoms with E-state index in [4.69, 9.17) is 16.3 Å². The standard InChI is InChI=1S/C18H25BrClNO3/c1-5-9-18(12-22,21-16(23)24-17(2,3)4)10-8-13-6-7-14(19)11-15(13)20/h5-7,11,22H,1,8-10,12H2,2-4H3,(H,21,23). The molecule has 134 valence electrons. The largest absolute Gasteiger partial charge is 0.444 e. The molecule has 1 amide bonds. The zero-order valence-electron chi connectivity index (χ0n) is 14.4. The number of alkyl carbamates (subject to hydrolysis) is 1. The SMILES string of the molecule is C=CCC(CO)(CCc1ccc(Br)cc1Cl)NC(=O)OC(C)(C)C. The van der Waals surface area contributed by atoms with Gasteiger partial charge in [0, 0.05) is 9.50 Å². The second kappa shape index (κ2) is 8.88. The lowest BCUT2D eigenvalue weighted by molar-refractivity contribution is 0.0389. The third-order valence-electron chi connectivity index (χ3n) is 3.49. The van der Waals surface area contributed by atoms with Gasteiger partial charge in [-0.25, -0.2) is 4.79 Å². The predicted molar refractivity (Wildman–Crippen MR) is 101 cm³/mol. The molecule has 1 unspecified atom stereocenters. The first-order valence-corrected chi connectivity index (χ1v) is 8.95. The molecule has 0 aliphatic heterocycles. The molecule has 0 aromatic heterocycles. The Labute approximate surface area is 157 Å². The molecule has 0 spiro atoms. The van der Waals surface area contributed by atoms with E-state index in [0.29, 0.717) is 24.3 Å². The maximum absolute atomic E-state index is 12.1. The summed E-state index contributed by atoms with van der Waals surface area (Å²) in [6.07, 6.45) is 2.67. The van der Waals surface area contributed by atoms with Gasteiger partial charge in [-0.05, 0) is 57.7 Å². The van der Waals surface area contributed by atoms with Crippen LogP contribution in [0, 0.1) is 0 Å². The molecule has 1 rings (SSSR count). The highest BCUT2D eigenvalue weighted by Gasteiger charge is 2.32. The topological polar surface area (TPSA) is 58.6 Å². The minimum atomic E-state index is -0.833. The van der Waals surface area contributed by atoms with Gasteiger partial charge >= 0.3 is 6.09 Å². The lowest BCUT2D eigenvalue weighted by Crippen LogP contribution is -2.52. The van der Waals surface area contributed by atoms with Crippen LogP contribution in [0.1, 0.15) is 39.2 Å². The maximum atomic E-state index is 12.1. The minimum Gasteiger partial charge on any atom is -0.444 e. The van der Waals surface area contributed by atoms with Gasteiger partial charge in [0.25, 0.3) is 0 Å². The summed E-state index contributed by atoms with van der Waals surface area (Å²) in [5, 5.41) is 13.3. The smallest absolute Gasteiger partial charge is 0.408 e. The van der Waals surface area contributed by atoms with E-state index in [1.165, 1.54) is 0 Å². The van der Waals surface area contributed by atoms with Gasteiger partial charge < -0.3 is 15.2 Å². The third kappa shape index (κ3) is 6.83. The van der Waals surface area contributed by atoms with Gasteiger partial charge in [-0.2, -0.15) is 0 Å². The van der Waals surface area contributed by atoms with Gasteiger partial charge in [-0.15, -0.1) is 6.58 Å². The van der Waals surface area contributed by atoms with Crippen LogP contribution in [-0.2, 0) is 11.2 Å². The Kier molecular flexibility index (Phi) is 7.77. The average molecular weight is 419 g/mol. The molecule has 0 bridgehead atoms. The normalized spacial score (nSPS) is 13.9. The maximum Gasteiger partial charge on any atom is 0.408 e. The summed E-state index contributed by atoms with van der Waals surface area (Å²) >= 11 is 9.62. The van der Waals surface area contributed by atoms with Crippen LogP contribution < -0.4 is 5.32 Å². The number of benzene rings is 1. The number of aryl methyl sites for hydroxylation is 1. The molecule has 0 radical (unpaired) electrons. The lowest BCUT2D eigenvalue weighted by Gasteiger charge is -2.33. The average Bonchev–Trinajstić information content (AvgIpc) is 2.44. The van der Waals surface area contributed by atoms with E-state index in [-0.39, 0.29) is 6.61 Å². The zero-order valence-corrected chi connectivity index (χ0v) is 16.7. The Morgan fingerprint density at radius 3 is 2.62 bits per heavy atom. The van der Waals surface area contributed by atoms with E-state index in [2.05, 4.69) is 27.8 Å². The number of carbonyl (C=O) groups excluding carboxylic acids is 1. The fourth-order valence-electron chi connectivity index (χ4n) is 2.29. The van der Waals surface area contributed by atoms with Crippen LogP contribution in [0.3, 0.4) is 0 Å². The number of nitrogens with one attached hydrogen (secondary N) is 1. The van der Waals surface area contributed by atoms with Crippen LogP contribution in [0.2, 0.25) is 5.02 Å². The number of halogens is 2. The molecular formula is C18H25BrClNO3. The Hall–Kier alpha value is -1.04. The molecule has 0 saturated heterocycles. The van der Waals surface area contributed by atoms with Crippen molar-refractivity contribution >= 4 is 33.6 Å². The van der Waals surface area contributed by atoms with Crippen molar-refractivity contribution in [2.75, 3.05) is 6.61 Å². The summed E-state index contributed by atoms with van der Waals surface area (Å²) in [5.41, 5.74) is -0.484. The molecule has 4 nitrogen and oxygen atoms in total. The van der Waals surface area contributed by atoms with Crippen molar-refractivity contribution < 1.29 is 14.6 Å². The molecule has 6 heteroatoms. The minimum absolute atomic E-state index is 0.216. The van der Waals surface area contributed by atoms with Gasteiger partial charge in [-0.1, -0.05) is 39.7 Å². The van der Waals surface area contributed by atoms with Crippen LogP contribution in [0.5, 0.6) is 0 Å². The van der Waals surface area contributed by atoms with E-state index >= 15 is 0 Å². The van der Waals surface area contributed by atoms with Gasteiger partial charge in [0.1, 0.15) is 5.60 Å². The molecule has 1 atom stereocenters. The second-order valence-electron chi connectivity index (χ2n) is 6.79. The van der Waals surface area contributed by atoms with Crippen molar-refractivity contribution in [2.24, 2.45) is 0 Å². The van der Waals surface area contributed by atoms with Gasteiger partial charge in [0.15, 0.2) is 0 Å². The molecule has 24 heavy (non-hydrogen) atoms. The Bertz CT molecular complexity index is 586. The number of hydrogen-bond donors (Lipinski definition) is 2. The summed E-state index contributed by atoms with van der Waals surface area (Å²) in [5.74, 6) is 0. The summed E-state index contributed by atoms with van der Waals surface area (Å²) in [6, 6.07) is 5.67. The number of ether oxygens (including phenoxy) is 1. The zero-order chi connectivity index (χ0) is 18.4. The van der Waals surface area contributed by atoms with Crippen molar-refractivity contribution in [3.63, 3.8) is 0 Å². The molecule has 1 aromatic carbocycles. The Morgan fingerprint density at radius 1 is 1.46 bits per heavy atom. The van der Waals surface area contributed by atoms with E-state index in [0.717, 1.165) is 10.0 Å². The van der Waals surface area contributed by atoms with E-state index < -0.39 is 17.2 Å². The van der Waals surface area contributed by atoms with E-state index in [1.54, 1.807) is 26.8 Å². The quantitative estimate of drug-likeness (QED) is 0.621. The molecule has 0 heterocycles. The monoisotopic (exact) mass is 417 g/mol. The number of aliphatic hydroxyl groups excluding tert-OH is 1. The summed E-state index contributed by atoms with van der Waals surface area (Å²) in [6.45, 7) is 8.89. The molecule has 0 aliphatic carbocycles. The first-order valence-electron chi connectivity index (χ1n) is 7.78. The first-order chi connectivity index (χ1) is 11.1. The molecule has 2 N–H and O–H groups in total. The Morgan fingerprint density at radius 2 is 2.12 bits per heavy atom. The van der Waals surface area contributed by atoms with Crippen molar-refractivity contribution in [2.45, 2.75) is 51.2 Å². The fraction of sp³-hybridized carbons (Fsp3) is 0.500. The number of rotatable bonds is 7. The lowest BCUT2D eigenvalue weighted by atomic mass is 9.88. The molecule has 0 aliphatic rings. The molecule has 1 aromatic rings. The second-order valence-corrected chi connectivity index (χ2v) is 8.12. The highest BCUT2D eigenvalue weighted by Crippen LogP contribution is 2.26. The van der Waals surface area contributed by atoms with E-state index in [1.807, 2.05) is 18.2 Å². The third-order valence-corrected chi connectivity index (χ3v) is 4.34. The van der Waals surface area contributed by atoms with Gasteiger partial charge in [-0.3, -0.25) is 0 Å². The van der Waals surface area contributed by atoms with Crippen molar-refractivity contribution in [3.8, 4) is 0 Å². The van der Waals surface area contributed by atoms with Crippen LogP contribution >= 0.6 is 27.5 Å². The number of aliphatic hydroxyl groups is 1. The van der Waals surface area contributed by atoms with Crippen LogP contribution in [0.15, 0.2) is 35.3 Å². The highest BCUT2D eigenvalue weighted by atomic mass is 79.9. The van der Waals surface area contributed by atoms with E-state index in [9.17, 15) is 9.90 Å². The van der Waals surface area contributed by atoms with Crippen LogP contribution in [-0.4, -0.2) is 28.9 Å². The summed E-state index contributed by atoms with van der Waals surface area (Å²) in [4.78, 5) is 12.1. The van der Waals surface area contributed by atoms with Crippen LogP contribution in [0.4, 0.5) is 4.79 Å². The summed E-state index contributed by atoms with van der Waals surface area (Å²) in [7, 11) is 0. The van der Waals surface area contributed by atoms with Gasteiger partial charge in [0.05, 0.1) is 12.1 Å². The van der Waals surface area contributed by atoms with Crippen molar-refractivity contribution in [1.82, 2.24) is 5.32 Å². The first kappa shape index (κ1) is 21.0. The number of amides is 1. The number of hydrogen-bond acceptors (Lipinski definition) is 3. The van der Waals surface area contributed by atoms with Gasteiger partial charge in [0.2, 0.25) is 0 Å². The molecular weight excluding hydrogens is 394 g/mol. The fourth-order valence-corrected chi connectivity index (χ4v) is 3.06. The molecule has 0 saturated carbocycles. The predicted octanol–water partition coefficient (Wildman–Crippen LogP) is 4.87. The van der Waals surface area contributed by atoms with Crippen molar-refractivity contribution in [1.29, 1.82) is 0 Å². The highest BCUT2D eigenvalue weighted by molar-refractivity contribution is 9.10. The number of carbonyl (C=O) groups is 1.